The highest BCUT2D eigenvalue weighted by atomic mass is 79.9. The van der Waals surface area contributed by atoms with Gasteiger partial charge in [0.05, 0.1) is 10.7 Å². The molecule has 0 atom stereocenters. The Morgan fingerprint density at radius 1 is 1.23 bits per heavy atom. The van der Waals surface area contributed by atoms with Crippen molar-refractivity contribution in [3.63, 3.8) is 0 Å². The van der Waals surface area contributed by atoms with Crippen molar-refractivity contribution in [2.45, 2.75) is 12.2 Å². The van der Waals surface area contributed by atoms with Crippen LogP contribution in [0, 0.1) is 0 Å². The first-order valence-corrected chi connectivity index (χ1v) is 3.69. The minimum absolute atomic E-state index is 0.0522. The first-order valence-electron chi connectivity index (χ1n) is 2.90. The summed E-state index contributed by atoms with van der Waals surface area (Å²) in [6.07, 6.45) is -4.24. The Bertz CT molecular complexity index is 304. The second-order valence-corrected chi connectivity index (χ2v) is 3.06. The van der Waals surface area contributed by atoms with Gasteiger partial charge in [-0.25, -0.2) is 0 Å². The molecule has 0 fully saturated rings. The van der Waals surface area contributed by atoms with Gasteiger partial charge in [-0.3, -0.25) is 0 Å². The first kappa shape index (κ1) is 10.4. The Balaban J connectivity index is 3.07. The Labute approximate surface area is 77.5 Å². The number of alkyl halides is 5. The van der Waals surface area contributed by atoms with Gasteiger partial charge in [0.2, 0.25) is 0 Å². The molecule has 0 spiro atoms. The van der Waals surface area contributed by atoms with Crippen LogP contribution in [0.15, 0.2) is 16.9 Å². The predicted molar refractivity (Wildman–Crippen MR) is 36.2 cm³/mol. The van der Waals surface area contributed by atoms with Crippen LogP contribution in [0.1, 0.15) is 0 Å². The lowest BCUT2D eigenvalue weighted by Gasteiger charge is -2.18. The van der Waals surface area contributed by atoms with E-state index in [0.29, 0.717) is 6.20 Å². The topological polar surface area (TPSA) is 17.8 Å². The summed E-state index contributed by atoms with van der Waals surface area (Å²) in [4.78, 5) is 0. The molecule has 1 heterocycles. The number of aromatic nitrogens is 2. The Morgan fingerprint density at radius 3 is 2.08 bits per heavy atom. The molecule has 0 aliphatic carbocycles. The van der Waals surface area contributed by atoms with E-state index < -0.39 is 16.9 Å². The molecule has 0 unspecified atom stereocenters. The maximum absolute atomic E-state index is 12.4. The standard InChI is InChI=1S/C5H2BrF5N2/c6-3-1-12-13(2-3)5(10,11)4(7,8)9/h1-2H. The van der Waals surface area contributed by atoms with E-state index in [1.165, 1.54) is 0 Å². The molecule has 0 saturated heterocycles. The summed E-state index contributed by atoms with van der Waals surface area (Å²) in [5, 5.41) is 2.85. The third-order valence-corrected chi connectivity index (χ3v) is 1.59. The zero-order chi connectivity index (χ0) is 10.3. The molecular formula is C5H2BrF5N2. The summed E-state index contributed by atoms with van der Waals surface area (Å²) in [5.74, 6) is 0. The number of hydrogen-bond acceptors (Lipinski definition) is 1. The van der Waals surface area contributed by atoms with E-state index in [0.717, 1.165) is 6.20 Å². The number of halogens is 6. The van der Waals surface area contributed by atoms with Gasteiger partial charge >= 0.3 is 12.2 Å². The third kappa shape index (κ3) is 1.82. The molecular weight excluding hydrogens is 263 g/mol. The highest BCUT2D eigenvalue weighted by Crippen LogP contribution is 2.39. The molecule has 13 heavy (non-hydrogen) atoms. The van der Waals surface area contributed by atoms with Crippen molar-refractivity contribution in [3.05, 3.63) is 16.9 Å². The lowest BCUT2D eigenvalue weighted by atomic mass is 10.5. The van der Waals surface area contributed by atoms with Crippen LogP contribution >= 0.6 is 15.9 Å². The average molecular weight is 265 g/mol. The van der Waals surface area contributed by atoms with Crippen molar-refractivity contribution in [3.8, 4) is 0 Å². The second kappa shape index (κ2) is 2.93. The minimum Gasteiger partial charge on any atom is -0.200 e. The number of nitrogens with zero attached hydrogens (tertiary/aromatic N) is 2. The molecule has 0 aliphatic heterocycles. The zero-order valence-electron chi connectivity index (χ0n) is 5.82. The van der Waals surface area contributed by atoms with Gasteiger partial charge < -0.3 is 0 Å². The van der Waals surface area contributed by atoms with Gasteiger partial charge in [-0.1, -0.05) is 0 Å². The van der Waals surface area contributed by atoms with Crippen molar-refractivity contribution in [1.29, 1.82) is 0 Å². The van der Waals surface area contributed by atoms with Crippen LogP contribution in [0.4, 0.5) is 22.0 Å². The molecule has 1 aromatic heterocycles. The van der Waals surface area contributed by atoms with Gasteiger partial charge in [0.15, 0.2) is 0 Å². The van der Waals surface area contributed by atoms with E-state index in [2.05, 4.69) is 21.0 Å². The molecule has 0 aliphatic rings. The predicted octanol–water partition coefficient (Wildman–Crippen LogP) is 2.76. The zero-order valence-corrected chi connectivity index (χ0v) is 7.40. The van der Waals surface area contributed by atoms with Crippen molar-refractivity contribution >= 4 is 15.9 Å². The van der Waals surface area contributed by atoms with Crippen LogP contribution in [0.5, 0.6) is 0 Å². The fourth-order valence-corrected chi connectivity index (χ4v) is 0.870. The molecule has 74 valence electrons. The maximum Gasteiger partial charge on any atom is 0.477 e. The van der Waals surface area contributed by atoms with E-state index in [1.54, 1.807) is 0 Å². The SMILES string of the molecule is FC(F)(F)C(F)(F)n1cc(Br)cn1. The van der Waals surface area contributed by atoms with Gasteiger partial charge in [-0.2, -0.15) is 31.7 Å². The first-order chi connectivity index (χ1) is 5.75. The molecule has 0 radical (unpaired) electrons. The largest absolute Gasteiger partial charge is 0.477 e. The van der Waals surface area contributed by atoms with Crippen LogP contribution in [0.25, 0.3) is 0 Å². The van der Waals surface area contributed by atoms with Gasteiger partial charge in [0.1, 0.15) is 0 Å². The van der Waals surface area contributed by atoms with Crippen molar-refractivity contribution < 1.29 is 22.0 Å². The van der Waals surface area contributed by atoms with Crippen LogP contribution in [-0.4, -0.2) is 16.0 Å². The van der Waals surface area contributed by atoms with E-state index in [-0.39, 0.29) is 4.47 Å². The maximum atomic E-state index is 12.4. The molecule has 1 rings (SSSR count). The highest BCUT2D eigenvalue weighted by molar-refractivity contribution is 9.10. The van der Waals surface area contributed by atoms with E-state index in [9.17, 15) is 22.0 Å². The highest BCUT2D eigenvalue weighted by Gasteiger charge is 2.60. The molecule has 0 bridgehead atoms. The monoisotopic (exact) mass is 264 g/mol. The van der Waals surface area contributed by atoms with Crippen molar-refractivity contribution in [2.24, 2.45) is 0 Å². The lowest BCUT2D eigenvalue weighted by molar-refractivity contribution is -0.328. The fourth-order valence-electron chi connectivity index (χ4n) is 0.584. The summed E-state index contributed by atoms with van der Waals surface area (Å²) >= 11 is 2.71. The summed E-state index contributed by atoms with van der Waals surface area (Å²) in [7, 11) is 0. The Hall–Kier alpha value is -0.660. The molecule has 0 N–H and O–H groups in total. The van der Waals surface area contributed by atoms with Gasteiger partial charge in [-0.15, -0.1) is 0 Å². The second-order valence-electron chi connectivity index (χ2n) is 2.14. The molecule has 0 amide bonds. The van der Waals surface area contributed by atoms with E-state index in [4.69, 9.17) is 0 Å². The van der Waals surface area contributed by atoms with Crippen molar-refractivity contribution in [1.82, 2.24) is 9.78 Å². The van der Waals surface area contributed by atoms with Gasteiger partial charge in [0, 0.05) is 6.20 Å². The van der Waals surface area contributed by atoms with Gasteiger partial charge in [0.25, 0.3) is 0 Å². The van der Waals surface area contributed by atoms with E-state index >= 15 is 0 Å². The summed E-state index contributed by atoms with van der Waals surface area (Å²) in [5.41, 5.74) is 0. The van der Waals surface area contributed by atoms with E-state index in [1.807, 2.05) is 0 Å². The summed E-state index contributed by atoms with van der Waals surface area (Å²) < 4.78 is 59.6. The average Bonchev–Trinajstić information content (AvgIpc) is 2.33. The number of rotatable bonds is 1. The summed E-state index contributed by atoms with van der Waals surface area (Å²) in [6, 6.07) is -4.97. The number of hydrogen-bond donors (Lipinski definition) is 0. The Kier molecular flexibility index (Phi) is 2.35. The normalized spacial score (nSPS) is 13.4. The molecule has 0 saturated carbocycles. The lowest BCUT2D eigenvalue weighted by Crippen LogP contribution is -2.39. The quantitative estimate of drug-likeness (QED) is 0.714. The van der Waals surface area contributed by atoms with Crippen LogP contribution in [0.2, 0.25) is 0 Å². The molecule has 0 aromatic carbocycles. The summed E-state index contributed by atoms with van der Waals surface area (Å²) in [6.45, 7) is 0. The van der Waals surface area contributed by atoms with Crippen LogP contribution < -0.4 is 0 Å². The molecule has 2 nitrogen and oxygen atoms in total. The van der Waals surface area contributed by atoms with Gasteiger partial charge in [-0.05, 0) is 15.9 Å². The Morgan fingerprint density at radius 2 is 1.77 bits per heavy atom. The van der Waals surface area contributed by atoms with Crippen molar-refractivity contribution in [2.75, 3.05) is 0 Å². The third-order valence-electron chi connectivity index (χ3n) is 1.18. The van der Waals surface area contributed by atoms with Crippen LogP contribution in [-0.2, 0) is 6.05 Å². The fraction of sp³-hybridized carbons (Fsp3) is 0.400. The molecule has 1 aromatic rings. The molecule has 8 heteroatoms. The van der Waals surface area contributed by atoms with Crippen LogP contribution in [0.3, 0.4) is 0 Å². The minimum atomic E-state index is -5.64. The smallest absolute Gasteiger partial charge is 0.200 e.